The van der Waals surface area contributed by atoms with Crippen molar-refractivity contribution in [1.82, 2.24) is 0 Å². The maximum absolute atomic E-state index is 13.5. The predicted molar refractivity (Wildman–Crippen MR) is 54.1 cm³/mol. The van der Waals surface area contributed by atoms with Crippen molar-refractivity contribution in [2.45, 2.75) is 19.3 Å². The molecular formula is C11H14FNO2. The van der Waals surface area contributed by atoms with Crippen LogP contribution in [-0.2, 0) is 17.7 Å². The standard InChI is InChI=1S/C11H14FNO2/c12-10-4-3-8-2-1-6-14-11(8)9(10)5-7-15-13/h3-4H,1-2,5-7,13H2. The minimum absolute atomic E-state index is 0.243. The summed E-state index contributed by atoms with van der Waals surface area (Å²) < 4.78 is 19.0. The summed E-state index contributed by atoms with van der Waals surface area (Å²) in [5.41, 5.74) is 1.66. The molecule has 0 unspecified atom stereocenters. The van der Waals surface area contributed by atoms with E-state index in [0.717, 1.165) is 18.4 Å². The van der Waals surface area contributed by atoms with Crippen LogP contribution in [0.25, 0.3) is 0 Å². The first-order valence-electron chi connectivity index (χ1n) is 5.07. The van der Waals surface area contributed by atoms with Gasteiger partial charge in [-0.2, -0.15) is 0 Å². The molecule has 0 fully saturated rings. The molecule has 0 spiro atoms. The average Bonchev–Trinajstić information content (AvgIpc) is 2.28. The van der Waals surface area contributed by atoms with Crippen LogP contribution in [0.1, 0.15) is 17.5 Å². The Morgan fingerprint density at radius 2 is 2.33 bits per heavy atom. The van der Waals surface area contributed by atoms with Crippen molar-refractivity contribution in [3.8, 4) is 5.75 Å². The zero-order valence-electron chi connectivity index (χ0n) is 8.46. The second-order valence-corrected chi connectivity index (χ2v) is 3.59. The summed E-state index contributed by atoms with van der Waals surface area (Å²) in [6, 6.07) is 3.27. The lowest BCUT2D eigenvalue weighted by Gasteiger charge is -2.20. The van der Waals surface area contributed by atoms with Crippen molar-refractivity contribution in [2.75, 3.05) is 13.2 Å². The van der Waals surface area contributed by atoms with Crippen molar-refractivity contribution in [2.24, 2.45) is 5.90 Å². The second kappa shape index (κ2) is 4.59. The molecule has 1 aliphatic rings. The zero-order valence-corrected chi connectivity index (χ0v) is 8.46. The number of benzene rings is 1. The summed E-state index contributed by atoms with van der Waals surface area (Å²) in [7, 11) is 0. The van der Waals surface area contributed by atoms with Crippen molar-refractivity contribution < 1.29 is 14.0 Å². The van der Waals surface area contributed by atoms with E-state index in [0.29, 0.717) is 30.9 Å². The Morgan fingerprint density at radius 3 is 3.13 bits per heavy atom. The summed E-state index contributed by atoms with van der Waals surface area (Å²) in [6.07, 6.45) is 2.39. The van der Waals surface area contributed by atoms with Gasteiger partial charge in [0.1, 0.15) is 11.6 Å². The first-order chi connectivity index (χ1) is 7.33. The Kier molecular flexibility index (Phi) is 3.18. The highest BCUT2D eigenvalue weighted by molar-refractivity contribution is 5.43. The van der Waals surface area contributed by atoms with Gasteiger partial charge in [0.05, 0.1) is 13.2 Å². The van der Waals surface area contributed by atoms with Crippen molar-refractivity contribution in [1.29, 1.82) is 0 Å². The van der Waals surface area contributed by atoms with Crippen LogP contribution in [0.4, 0.5) is 4.39 Å². The minimum atomic E-state index is -0.243. The van der Waals surface area contributed by atoms with Crippen LogP contribution >= 0.6 is 0 Å². The van der Waals surface area contributed by atoms with Gasteiger partial charge in [-0.25, -0.2) is 10.3 Å². The molecule has 0 saturated heterocycles. The van der Waals surface area contributed by atoms with Crippen LogP contribution in [0.5, 0.6) is 5.75 Å². The second-order valence-electron chi connectivity index (χ2n) is 3.59. The van der Waals surface area contributed by atoms with Gasteiger partial charge in [0, 0.05) is 12.0 Å². The van der Waals surface area contributed by atoms with Gasteiger partial charge >= 0.3 is 0 Å². The molecule has 0 radical (unpaired) electrons. The lowest BCUT2D eigenvalue weighted by atomic mass is 10.0. The number of ether oxygens (including phenoxy) is 1. The Bertz CT molecular complexity index is 355. The molecule has 2 rings (SSSR count). The fourth-order valence-corrected chi connectivity index (χ4v) is 1.86. The molecule has 82 valence electrons. The molecule has 1 aromatic rings. The number of hydrogen-bond acceptors (Lipinski definition) is 3. The molecule has 1 aromatic carbocycles. The number of aryl methyl sites for hydroxylation is 1. The largest absolute Gasteiger partial charge is 0.493 e. The van der Waals surface area contributed by atoms with Gasteiger partial charge in [-0.1, -0.05) is 6.07 Å². The first kappa shape index (κ1) is 10.4. The molecule has 0 aliphatic carbocycles. The zero-order chi connectivity index (χ0) is 10.7. The summed E-state index contributed by atoms with van der Waals surface area (Å²) >= 11 is 0. The van der Waals surface area contributed by atoms with E-state index < -0.39 is 0 Å². The highest BCUT2D eigenvalue weighted by Crippen LogP contribution is 2.31. The Morgan fingerprint density at radius 1 is 1.47 bits per heavy atom. The third-order valence-electron chi connectivity index (χ3n) is 2.59. The van der Waals surface area contributed by atoms with Gasteiger partial charge in [-0.05, 0) is 24.5 Å². The maximum atomic E-state index is 13.5. The Balaban J connectivity index is 2.32. The molecular weight excluding hydrogens is 197 g/mol. The average molecular weight is 211 g/mol. The number of fused-ring (bicyclic) bond motifs is 1. The van der Waals surface area contributed by atoms with E-state index in [1.807, 2.05) is 0 Å². The van der Waals surface area contributed by atoms with Crippen molar-refractivity contribution in [3.05, 3.63) is 29.1 Å². The molecule has 15 heavy (non-hydrogen) atoms. The molecule has 1 heterocycles. The van der Waals surface area contributed by atoms with E-state index in [2.05, 4.69) is 4.84 Å². The Hall–Kier alpha value is -1.13. The van der Waals surface area contributed by atoms with Crippen molar-refractivity contribution in [3.63, 3.8) is 0 Å². The molecule has 1 aliphatic heterocycles. The number of nitrogens with two attached hydrogens (primary N) is 1. The van der Waals surface area contributed by atoms with Gasteiger partial charge in [0.15, 0.2) is 0 Å². The fraction of sp³-hybridized carbons (Fsp3) is 0.455. The van der Waals surface area contributed by atoms with Crippen LogP contribution < -0.4 is 10.6 Å². The summed E-state index contributed by atoms with van der Waals surface area (Å²) in [4.78, 5) is 4.47. The van der Waals surface area contributed by atoms with Gasteiger partial charge in [-0.3, -0.25) is 0 Å². The monoisotopic (exact) mass is 211 g/mol. The highest BCUT2D eigenvalue weighted by atomic mass is 19.1. The van der Waals surface area contributed by atoms with E-state index in [1.54, 1.807) is 6.07 Å². The van der Waals surface area contributed by atoms with Crippen LogP contribution in [0.15, 0.2) is 12.1 Å². The lowest BCUT2D eigenvalue weighted by Crippen LogP contribution is -2.13. The fourth-order valence-electron chi connectivity index (χ4n) is 1.86. The normalized spacial score (nSPS) is 14.5. The molecule has 0 amide bonds. The SMILES string of the molecule is NOCCc1c(F)ccc2c1OCCC2. The first-order valence-corrected chi connectivity index (χ1v) is 5.07. The Labute approximate surface area is 87.9 Å². The number of rotatable bonds is 3. The van der Waals surface area contributed by atoms with Gasteiger partial charge < -0.3 is 9.57 Å². The molecule has 0 aromatic heterocycles. The maximum Gasteiger partial charge on any atom is 0.130 e. The number of halogens is 1. The quantitative estimate of drug-likeness (QED) is 0.772. The van der Waals surface area contributed by atoms with Gasteiger partial charge in [-0.15, -0.1) is 0 Å². The van der Waals surface area contributed by atoms with Gasteiger partial charge in [0.25, 0.3) is 0 Å². The van der Waals surface area contributed by atoms with Crippen LogP contribution in [0.3, 0.4) is 0 Å². The third-order valence-corrected chi connectivity index (χ3v) is 2.59. The van der Waals surface area contributed by atoms with E-state index >= 15 is 0 Å². The van der Waals surface area contributed by atoms with Crippen molar-refractivity contribution >= 4 is 0 Å². The van der Waals surface area contributed by atoms with Crippen LogP contribution in [0.2, 0.25) is 0 Å². The van der Waals surface area contributed by atoms with Crippen LogP contribution in [-0.4, -0.2) is 13.2 Å². The topological polar surface area (TPSA) is 44.5 Å². The van der Waals surface area contributed by atoms with E-state index in [9.17, 15) is 4.39 Å². The predicted octanol–water partition coefficient (Wildman–Crippen LogP) is 1.58. The summed E-state index contributed by atoms with van der Waals surface area (Å²) in [5.74, 6) is 5.39. The third kappa shape index (κ3) is 2.11. The summed E-state index contributed by atoms with van der Waals surface area (Å²) in [5, 5.41) is 0. The smallest absolute Gasteiger partial charge is 0.130 e. The lowest BCUT2D eigenvalue weighted by molar-refractivity contribution is 0.139. The molecule has 4 heteroatoms. The highest BCUT2D eigenvalue weighted by Gasteiger charge is 2.17. The van der Waals surface area contributed by atoms with Crippen LogP contribution in [0, 0.1) is 5.82 Å². The van der Waals surface area contributed by atoms with Gasteiger partial charge in [0.2, 0.25) is 0 Å². The molecule has 0 bridgehead atoms. The number of hydrogen-bond donors (Lipinski definition) is 1. The van der Waals surface area contributed by atoms with E-state index in [4.69, 9.17) is 10.6 Å². The minimum Gasteiger partial charge on any atom is -0.493 e. The molecule has 0 saturated carbocycles. The molecule has 3 nitrogen and oxygen atoms in total. The van der Waals surface area contributed by atoms with E-state index in [1.165, 1.54) is 6.07 Å². The van der Waals surface area contributed by atoms with E-state index in [-0.39, 0.29) is 5.82 Å². The molecule has 0 atom stereocenters. The summed E-state index contributed by atoms with van der Waals surface area (Å²) in [6.45, 7) is 0.962. The molecule has 2 N–H and O–H groups in total.